The molecule has 104 valence electrons. The van der Waals surface area contributed by atoms with Crippen LogP contribution in [0.1, 0.15) is 15.9 Å². The maximum absolute atomic E-state index is 11.2. The second kappa shape index (κ2) is 6.03. The Morgan fingerprint density at radius 2 is 2.00 bits per heavy atom. The van der Waals surface area contributed by atoms with Crippen LogP contribution in [0.25, 0.3) is 0 Å². The predicted octanol–water partition coefficient (Wildman–Crippen LogP) is 3.85. The van der Waals surface area contributed by atoms with Crippen LogP contribution in [0.3, 0.4) is 0 Å². The molecule has 4 nitrogen and oxygen atoms in total. The molecule has 0 atom stereocenters. The van der Waals surface area contributed by atoms with Gasteiger partial charge in [0.25, 0.3) is 0 Å². The molecule has 0 aliphatic carbocycles. The van der Waals surface area contributed by atoms with E-state index in [1.165, 1.54) is 12.1 Å². The fourth-order valence-corrected chi connectivity index (χ4v) is 2.02. The lowest BCUT2D eigenvalue weighted by molar-refractivity contribution is 0.0692. The molecule has 0 unspecified atom stereocenters. The van der Waals surface area contributed by atoms with Crippen LogP contribution < -0.4 is 10.5 Å². The Morgan fingerprint density at radius 3 is 2.65 bits per heavy atom. The number of carbonyl (C=O) groups is 1. The summed E-state index contributed by atoms with van der Waals surface area (Å²) in [7, 11) is 0. The third kappa shape index (κ3) is 3.35. The van der Waals surface area contributed by atoms with E-state index in [1.54, 1.807) is 18.2 Å². The Bertz CT molecular complexity index is 659. The van der Waals surface area contributed by atoms with Gasteiger partial charge < -0.3 is 15.6 Å². The molecule has 0 aliphatic rings. The van der Waals surface area contributed by atoms with Crippen molar-refractivity contribution in [2.45, 2.75) is 6.61 Å². The molecule has 0 bridgehead atoms. The fourth-order valence-electron chi connectivity index (χ4n) is 1.64. The lowest BCUT2D eigenvalue weighted by Crippen LogP contribution is -2.05. The van der Waals surface area contributed by atoms with Gasteiger partial charge in [-0.15, -0.1) is 0 Å². The summed E-state index contributed by atoms with van der Waals surface area (Å²) in [6.07, 6.45) is 0. The van der Waals surface area contributed by atoms with Crippen molar-refractivity contribution in [1.82, 2.24) is 0 Å². The molecule has 0 amide bonds. The van der Waals surface area contributed by atoms with Crippen molar-refractivity contribution in [3.05, 3.63) is 57.6 Å². The van der Waals surface area contributed by atoms with Crippen LogP contribution in [0, 0.1) is 0 Å². The minimum atomic E-state index is -1.13. The number of nitrogen functional groups attached to an aromatic ring is 1. The zero-order chi connectivity index (χ0) is 14.7. The summed E-state index contributed by atoms with van der Waals surface area (Å²) in [5, 5.41) is 9.88. The van der Waals surface area contributed by atoms with E-state index in [2.05, 4.69) is 0 Å². The number of halogens is 2. The molecule has 0 aliphatic heterocycles. The van der Waals surface area contributed by atoms with Gasteiger partial charge in [0, 0.05) is 11.1 Å². The standard InChI is InChI=1S/C14H11Cl2NO3/c15-9-3-1-2-8(4-9)7-20-13-6-12(17)11(16)5-10(13)14(18)19/h1-6H,7,17H2,(H,18,19). The van der Waals surface area contributed by atoms with Crippen LogP contribution >= 0.6 is 23.2 Å². The molecule has 0 radical (unpaired) electrons. The highest BCUT2D eigenvalue weighted by atomic mass is 35.5. The van der Waals surface area contributed by atoms with E-state index in [1.807, 2.05) is 6.07 Å². The van der Waals surface area contributed by atoms with E-state index in [4.69, 9.17) is 38.8 Å². The Morgan fingerprint density at radius 1 is 1.25 bits per heavy atom. The summed E-state index contributed by atoms with van der Waals surface area (Å²) in [6, 6.07) is 9.76. The van der Waals surface area contributed by atoms with Crippen molar-refractivity contribution in [1.29, 1.82) is 0 Å². The zero-order valence-electron chi connectivity index (χ0n) is 10.3. The lowest BCUT2D eigenvalue weighted by Gasteiger charge is -2.11. The minimum Gasteiger partial charge on any atom is -0.488 e. The van der Waals surface area contributed by atoms with E-state index in [-0.39, 0.29) is 28.6 Å². The number of rotatable bonds is 4. The normalized spacial score (nSPS) is 10.3. The molecule has 6 heteroatoms. The lowest BCUT2D eigenvalue weighted by atomic mass is 10.2. The van der Waals surface area contributed by atoms with Crippen LogP contribution in [0.5, 0.6) is 5.75 Å². The summed E-state index contributed by atoms with van der Waals surface area (Å²) in [5.74, 6) is -0.965. The molecular weight excluding hydrogens is 301 g/mol. The van der Waals surface area contributed by atoms with E-state index >= 15 is 0 Å². The van der Waals surface area contributed by atoms with Crippen molar-refractivity contribution in [2.24, 2.45) is 0 Å². The molecule has 20 heavy (non-hydrogen) atoms. The van der Waals surface area contributed by atoms with Gasteiger partial charge in [0.05, 0.1) is 10.7 Å². The van der Waals surface area contributed by atoms with Gasteiger partial charge in [0.2, 0.25) is 0 Å². The molecule has 0 spiro atoms. The van der Waals surface area contributed by atoms with Crippen LogP contribution in [0.2, 0.25) is 10.0 Å². The van der Waals surface area contributed by atoms with Gasteiger partial charge in [-0.3, -0.25) is 0 Å². The molecule has 0 saturated heterocycles. The third-order valence-electron chi connectivity index (χ3n) is 2.61. The van der Waals surface area contributed by atoms with Crippen molar-refractivity contribution < 1.29 is 14.6 Å². The number of ether oxygens (including phenoxy) is 1. The first kappa shape index (κ1) is 14.5. The van der Waals surface area contributed by atoms with Gasteiger partial charge in [-0.25, -0.2) is 4.79 Å². The first-order valence-electron chi connectivity index (χ1n) is 5.67. The maximum atomic E-state index is 11.2. The first-order chi connectivity index (χ1) is 9.47. The largest absolute Gasteiger partial charge is 0.488 e. The number of aromatic carboxylic acids is 1. The van der Waals surface area contributed by atoms with E-state index in [0.717, 1.165) is 5.56 Å². The second-order valence-electron chi connectivity index (χ2n) is 4.09. The highest BCUT2D eigenvalue weighted by Crippen LogP contribution is 2.29. The highest BCUT2D eigenvalue weighted by Gasteiger charge is 2.14. The smallest absolute Gasteiger partial charge is 0.339 e. The molecule has 0 saturated carbocycles. The van der Waals surface area contributed by atoms with Crippen molar-refractivity contribution in [2.75, 3.05) is 5.73 Å². The number of carboxylic acids is 1. The van der Waals surface area contributed by atoms with Crippen LogP contribution in [0.4, 0.5) is 5.69 Å². The Balaban J connectivity index is 2.24. The van der Waals surface area contributed by atoms with Crippen LogP contribution in [0.15, 0.2) is 36.4 Å². The molecule has 2 aromatic rings. The van der Waals surface area contributed by atoms with E-state index in [0.29, 0.717) is 5.02 Å². The molecular formula is C14H11Cl2NO3. The minimum absolute atomic E-state index is 0.0359. The molecule has 3 N–H and O–H groups in total. The molecule has 2 rings (SSSR count). The monoisotopic (exact) mass is 311 g/mol. The molecule has 0 aromatic heterocycles. The average molecular weight is 312 g/mol. The quantitative estimate of drug-likeness (QED) is 0.841. The Kier molecular flexibility index (Phi) is 4.37. The Labute approximate surface area is 125 Å². The number of hydrogen-bond donors (Lipinski definition) is 2. The van der Waals surface area contributed by atoms with E-state index < -0.39 is 5.97 Å². The predicted molar refractivity (Wildman–Crippen MR) is 78.6 cm³/mol. The summed E-state index contributed by atoms with van der Waals surface area (Å²) in [4.78, 5) is 11.2. The zero-order valence-corrected chi connectivity index (χ0v) is 11.8. The van der Waals surface area contributed by atoms with Gasteiger partial charge in [-0.05, 0) is 23.8 Å². The summed E-state index contributed by atoms with van der Waals surface area (Å²) < 4.78 is 5.50. The van der Waals surface area contributed by atoms with Gasteiger partial charge in [-0.2, -0.15) is 0 Å². The van der Waals surface area contributed by atoms with Gasteiger partial charge in [-0.1, -0.05) is 35.3 Å². The van der Waals surface area contributed by atoms with Gasteiger partial charge >= 0.3 is 5.97 Å². The summed E-state index contributed by atoms with van der Waals surface area (Å²) >= 11 is 11.7. The van der Waals surface area contributed by atoms with Crippen molar-refractivity contribution >= 4 is 34.9 Å². The van der Waals surface area contributed by atoms with Crippen LogP contribution in [-0.2, 0) is 6.61 Å². The highest BCUT2D eigenvalue weighted by molar-refractivity contribution is 6.33. The maximum Gasteiger partial charge on any atom is 0.339 e. The summed E-state index contributed by atoms with van der Waals surface area (Å²) in [5.41, 5.74) is 6.70. The number of nitrogens with two attached hydrogens (primary N) is 1. The van der Waals surface area contributed by atoms with Gasteiger partial charge in [0.1, 0.15) is 17.9 Å². The second-order valence-corrected chi connectivity index (χ2v) is 4.94. The molecule has 0 fully saturated rings. The van der Waals surface area contributed by atoms with Crippen molar-refractivity contribution in [3.63, 3.8) is 0 Å². The first-order valence-corrected chi connectivity index (χ1v) is 6.42. The Hall–Kier alpha value is -1.91. The summed E-state index contributed by atoms with van der Waals surface area (Å²) in [6.45, 7) is 0.182. The number of benzene rings is 2. The average Bonchev–Trinajstić information content (AvgIpc) is 2.39. The van der Waals surface area contributed by atoms with E-state index in [9.17, 15) is 4.79 Å². The third-order valence-corrected chi connectivity index (χ3v) is 3.18. The van der Waals surface area contributed by atoms with Crippen LogP contribution in [-0.4, -0.2) is 11.1 Å². The number of anilines is 1. The molecule has 2 aromatic carbocycles. The van der Waals surface area contributed by atoms with Gasteiger partial charge in [0.15, 0.2) is 0 Å². The molecule has 0 heterocycles. The van der Waals surface area contributed by atoms with Crippen molar-refractivity contribution in [3.8, 4) is 5.75 Å². The topological polar surface area (TPSA) is 72.5 Å². The fraction of sp³-hybridized carbons (Fsp3) is 0.0714. The number of carboxylic acid groups (broad SMARTS) is 1. The SMILES string of the molecule is Nc1cc(OCc2cccc(Cl)c2)c(C(=O)O)cc1Cl. The number of hydrogen-bond acceptors (Lipinski definition) is 3.